The molecule has 4 aromatic rings. The van der Waals surface area contributed by atoms with Gasteiger partial charge in [0.1, 0.15) is 6.54 Å². The fourth-order valence-electron chi connectivity index (χ4n) is 5.00. The number of imidazole rings is 1. The van der Waals surface area contributed by atoms with Gasteiger partial charge < -0.3 is 5.32 Å². The van der Waals surface area contributed by atoms with Gasteiger partial charge in [-0.15, -0.1) is 0 Å². The van der Waals surface area contributed by atoms with Gasteiger partial charge in [0.25, 0.3) is 0 Å². The molecule has 15 heteroatoms. The molecule has 0 bridgehead atoms. The third-order valence-corrected chi connectivity index (χ3v) is 6.77. The summed E-state index contributed by atoms with van der Waals surface area (Å²) in [6, 6.07) is 5.05. The van der Waals surface area contributed by atoms with E-state index >= 15 is 0 Å². The second-order valence-corrected chi connectivity index (χ2v) is 9.32. The zero-order valence-electron chi connectivity index (χ0n) is 19.1. The third kappa shape index (κ3) is 4.20. The lowest BCUT2D eigenvalue weighted by atomic mass is 9.98. The van der Waals surface area contributed by atoms with Gasteiger partial charge in [-0.3, -0.25) is 14.8 Å². The molecule has 0 radical (unpaired) electrons. The summed E-state index contributed by atoms with van der Waals surface area (Å²) in [6.45, 7) is -1.60. The standard InChI is InChI=1S/C23H17F6N7O2/c24-22(25,26)9-36-17-5-10(1-2-11(17)18(34-36)23(27,28)29)12-6-13(12)14-7-16(33-35-4-3-30-19(14)35)15-8-31-21(38)32-20(15)37/h1-5,7,12-13,15H,6,8-9H2,(H2,31,32,37,38)/t12-,13+,15?/m1/s1. The minimum Gasteiger partial charge on any atom is -0.337 e. The molecule has 3 aromatic heterocycles. The maximum Gasteiger partial charge on any atom is 0.435 e. The predicted octanol–water partition coefficient (Wildman–Crippen LogP) is 3.85. The number of nitrogens with zero attached hydrogens (tertiary/aromatic N) is 5. The van der Waals surface area contributed by atoms with E-state index in [1.807, 2.05) is 0 Å². The Morgan fingerprint density at radius 3 is 2.53 bits per heavy atom. The van der Waals surface area contributed by atoms with Crippen molar-refractivity contribution < 1.29 is 35.9 Å². The van der Waals surface area contributed by atoms with E-state index in [1.54, 1.807) is 12.3 Å². The average Bonchev–Trinajstić information content (AvgIpc) is 3.32. The van der Waals surface area contributed by atoms with Gasteiger partial charge in [-0.05, 0) is 36.0 Å². The lowest BCUT2D eigenvalue weighted by Crippen LogP contribution is -2.51. The van der Waals surface area contributed by atoms with Crippen molar-refractivity contribution in [1.82, 2.24) is 35.0 Å². The Morgan fingerprint density at radius 2 is 1.82 bits per heavy atom. The summed E-state index contributed by atoms with van der Waals surface area (Å²) in [5.74, 6) is -1.63. The van der Waals surface area contributed by atoms with Crippen LogP contribution in [0.5, 0.6) is 0 Å². The van der Waals surface area contributed by atoms with Crippen molar-refractivity contribution in [3.05, 3.63) is 59.2 Å². The number of carbonyl (C=O) groups excluding carboxylic acids is 2. The van der Waals surface area contributed by atoms with Crippen LogP contribution in [0.2, 0.25) is 0 Å². The molecule has 1 saturated heterocycles. The smallest absolute Gasteiger partial charge is 0.337 e. The molecular formula is C23H17F6N7O2. The zero-order valence-corrected chi connectivity index (χ0v) is 19.1. The molecule has 4 heterocycles. The van der Waals surface area contributed by atoms with Gasteiger partial charge in [-0.25, -0.2) is 14.3 Å². The minimum atomic E-state index is -4.91. The van der Waals surface area contributed by atoms with Crippen molar-refractivity contribution in [2.45, 2.75) is 43.1 Å². The number of hydrogen-bond acceptors (Lipinski definition) is 5. The van der Waals surface area contributed by atoms with Gasteiger partial charge in [-0.2, -0.15) is 36.5 Å². The molecule has 2 N–H and O–H groups in total. The van der Waals surface area contributed by atoms with E-state index in [2.05, 4.69) is 25.8 Å². The van der Waals surface area contributed by atoms with Crippen LogP contribution < -0.4 is 10.6 Å². The highest BCUT2D eigenvalue weighted by Gasteiger charge is 2.43. The first kappa shape index (κ1) is 24.2. The maximum atomic E-state index is 13.5. The molecule has 3 atom stereocenters. The number of urea groups is 1. The van der Waals surface area contributed by atoms with Crippen LogP contribution in [-0.2, 0) is 17.5 Å². The van der Waals surface area contributed by atoms with Crippen molar-refractivity contribution in [3.8, 4) is 0 Å². The normalized spacial score (nSPS) is 22.1. The number of hydrogen-bond donors (Lipinski definition) is 2. The fourth-order valence-corrected chi connectivity index (χ4v) is 5.00. The van der Waals surface area contributed by atoms with Crippen molar-refractivity contribution in [3.63, 3.8) is 0 Å². The monoisotopic (exact) mass is 537 g/mol. The molecule has 1 saturated carbocycles. The number of aromatic nitrogens is 5. The summed E-state index contributed by atoms with van der Waals surface area (Å²) in [7, 11) is 0. The Bertz CT molecular complexity index is 1610. The summed E-state index contributed by atoms with van der Waals surface area (Å²) < 4.78 is 81.4. The molecule has 3 amide bonds. The lowest BCUT2D eigenvalue weighted by molar-refractivity contribution is -0.148. The molecule has 6 rings (SSSR count). The third-order valence-electron chi connectivity index (χ3n) is 6.77. The van der Waals surface area contributed by atoms with Crippen LogP contribution in [0.1, 0.15) is 46.7 Å². The molecule has 1 aliphatic heterocycles. The van der Waals surface area contributed by atoms with Crippen molar-refractivity contribution in [1.29, 1.82) is 0 Å². The van der Waals surface area contributed by atoms with Crippen LogP contribution >= 0.6 is 0 Å². The first-order valence-corrected chi connectivity index (χ1v) is 11.5. The van der Waals surface area contributed by atoms with Crippen LogP contribution in [0, 0.1) is 0 Å². The van der Waals surface area contributed by atoms with Crippen LogP contribution in [-0.4, -0.2) is 49.0 Å². The molecule has 198 valence electrons. The van der Waals surface area contributed by atoms with Crippen LogP contribution in [0.4, 0.5) is 31.1 Å². The number of alkyl halides is 6. The topological polar surface area (TPSA) is 106 Å². The Hall–Kier alpha value is -4.17. The highest BCUT2D eigenvalue weighted by atomic mass is 19.4. The predicted molar refractivity (Wildman–Crippen MR) is 118 cm³/mol. The molecule has 1 aliphatic carbocycles. The number of imide groups is 1. The van der Waals surface area contributed by atoms with Gasteiger partial charge in [0.15, 0.2) is 11.3 Å². The van der Waals surface area contributed by atoms with Gasteiger partial charge in [-0.1, -0.05) is 12.1 Å². The zero-order chi connectivity index (χ0) is 27.0. The summed E-state index contributed by atoms with van der Waals surface area (Å²) in [5, 5.41) is 12.0. The van der Waals surface area contributed by atoms with Gasteiger partial charge >= 0.3 is 18.4 Å². The molecule has 0 spiro atoms. The summed E-state index contributed by atoms with van der Waals surface area (Å²) in [4.78, 5) is 28.2. The number of carbonyl (C=O) groups is 2. The lowest BCUT2D eigenvalue weighted by Gasteiger charge is -2.22. The second-order valence-electron chi connectivity index (χ2n) is 9.32. The van der Waals surface area contributed by atoms with Crippen molar-refractivity contribution in [2.75, 3.05) is 6.54 Å². The number of rotatable bonds is 4. The highest BCUT2D eigenvalue weighted by molar-refractivity contribution is 6.00. The summed E-state index contributed by atoms with van der Waals surface area (Å²) in [6.07, 6.45) is -5.99. The van der Waals surface area contributed by atoms with Crippen LogP contribution in [0.15, 0.2) is 36.7 Å². The summed E-state index contributed by atoms with van der Waals surface area (Å²) in [5.41, 5.74) is 0.575. The quantitative estimate of drug-likeness (QED) is 0.385. The van der Waals surface area contributed by atoms with E-state index < -0.39 is 47.8 Å². The van der Waals surface area contributed by atoms with E-state index in [4.69, 9.17) is 0 Å². The first-order chi connectivity index (χ1) is 17.9. The molecule has 2 aliphatic rings. The molecule has 38 heavy (non-hydrogen) atoms. The molecule has 1 unspecified atom stereocenters. The van der Waals surface area contributed by atoms with Gasteiger partial charge in [0.05, 0.1) is 17.1 Å². The molecule has 9 nitrogen and oxygen atoms in total. The number of halogens is 6. The molecular weight excluding hydrogens is 520 g/mol. The van der Waals surface area contributed by atoms with Crippen LogP contribution in [0.3, 0.4) is 0 Å². The Kier molecular flexibility index (Phi) is 5.20. The Balaban J connectivity index is 1.37. The molecule has 1 aromatic carbocycles. The van der Waals surface area contributed by atoms with E-state index in [-0.39, 0.29) is 23.9 Å². The first-order valence-electron chi connectivity index (χ1n) is 11.5. The van der Waals surface area contributed by atoms with Gasteiger partial charge in [0, 0.05) is 29.9 Å². The maximum absolute atomic E-state index is 13.5. The van der Waals surface area contributed by atoms with Gasteiger partial charge in [0.2, 0.25) is 5.91 Å². The average molecular weight is 537 g/mol. The SMILES string of the molecule is O=C1NCC(c2cc([C@H]3C[C@@H]3c3ccc4c(C(F)(F)F)nn(CC(F)(F)F)c4c3)c3nccn3n2)C(=O)N1. The summed E-state index contributed by atoms with van der Waals surface area (Å²) >= 11 is 0. The van der Waals surface area contributed by atoms with E-state index in [9.17, 15) is 35.9 Å². The minimum absolute atomic E-state index is 0.0484. The Labute approximate surface area is 208 Å². The van der Waals surface area contributed by atoms with Crippen molar-refractivity contribution in [2.24, 2.45) is 0 Å². The number of nitrogens with one attached hydrogen (secondary N) is 2. The second kappa shape index (κ2) is 8.16. The van der Waals surface area contributed by atoms with E-state index in [0.29, 0.717) is 28.0 Å². The van der Waals surface area contributed by atoms with Crippen LogP contribution in [0.25, 0.3) is 16.6 Å². The number of fused-ring (bicyclic) bond motifs is 2. The largest absolute Gasteiger partial charge is 0.435 e. The molecule has 2 fully saturated rings. The van der Waals surface area contributed by atoms with Crippen molar-refractivity contribution >= 4 is 28.5 Å². The number of benzene rings is 1. The number of amides is 3. The fraction of sp³-hybridized carbons (Fsp3) is 0.348. The Morgan fingerprint density at radius 1 is 1.03 bits per heavy atom. The van der Waals surface area contributed by atoms with E-state index in [1.165, 1.54) is 22.8 Å². The highest BCUT2D eigenvalue weighted by Crippen LogP contribution is 2.56. The van der Waals surface area contributed by atoms with E-state index in [0.717, 1.165) is 11.6 Å².